The van der Waals surface area contributed by atoms with Gasteiger partial charge in [0.2, 0.25) is 0 Å². The third-order valence-corrected chi connectivity index (χ3v) is 3.52. The first kappa shape index (κ1) is 16.5. The Morgan fingerprint density at radius 2 is 2.20 bits per heavy atom. The van der Waals surface area contributed by atoms with E-state index in [0.29, 0.717) is 19.4 Å². The summed E-state index contributed by atoms with van der Waals surface area (Å²) in [6, 6.07) is -0.160. The molecule has 0 aromatic carbocycles. The molecule has 1 atom stereocenters. The molecule has 5 heteroatoms. The molecule has 114 valence electrons. The van der Waals surface area contributed by atoms with Crippen LogP contribution in [0.2, 0.25) is 0 Å². The Kier molecular flexibility index (Phi) is 7.77. The Balaban J connectivity index is 2.07. The third-order valence-electron chi connectivity index (χ3n) is 3.52. The summed E-state index contributed by atoms with van der Waals surface area (Å²) in [5.41, 5.74) is 1.45. The van der Waals surface area contributed by atoms with Crippen molar-refractivity contribution in [3.05, 3.63) is 11.6 Å². The van der Waals surface area contributed by atoms with E-state index in [1.807, 2.05) is 6.92 Å². The van der Waals surface area contributed by atoms with Crippen LogP contribution in [-0.4, -0.2) is 29.7 Å². The first-order valence-electron chi connectivity index (χ1n) is 7.52. The number of carboxylic acid groups (broad SMARTS) is 1. The van der Waals surface area contributed by atoms with E-state index in [-0.39, 0.29) is 18.5 Å². The molecule has 0 spiro atoms. The summed E-state index contributed by atoms with van der Waals surface area (Å²) in [4.78, 5) is 22.0. The Morgan fingerprint density at radius 1 is 1.40 bits per heavy atom. The van der Waals surface area contributed by atoms with E-state index in [1.165, 1.54) is 24.8 Å². The second-order valence-corrected chi connectivity index (χ2v) is 5.45. The summed E-state index contributed by atoms with van der Waals surface area (Å²) in [5.74, 6) is -0.789. The number of carbonyl (C=O) groups excluding carboxylic acids is 1. The van der Waals surface area contributed by atoms with E-state index in [1.54, 1.807) is 0 Å². The molecule has 2 amide bonds. The highest BCUT2D eigenvalue weighted by atomic mass is 16.4. The maximum Gasteiger partial charge on any atom is 0.315 e. The average Bonchev–Trinajstić information content (AvgIpc) is 2.39. The topological polar surface area (TPSA) is 78.4 Å². The maximum absolute atomic E-state index is 11.6. The number of hydrogen-bond donors (Lipinski definition) is 3. The first-order valence-corrected chi connectivity index (χ1v) is 7.52. The van der Waals surface area contributed by atoms with Gasteiger partial charge >= 0.3 is 12.0 Å². The van der Waals surface area contributed by atoms with E-state index >= 15 is 0 Å². The molecule has 0 aliphatic heterocycles. The van der Waals surface area contributed by atoms with Gasteiger partial charge in [0, 0.05) is 19.0 Å². The van der Waals surface area contributed by atoms with E-state index < -0.39 is 5.97 Å². The molecule has 1 aliphatic carbocycles. The number of carbonyl (C=O) groups is 2. The van der Waals surface area contributed by atoms with Crippen LogP contribution in [0.3, 0.4) is 0 Å². The van der Waals surface area contributed by atoms with Gasteiger partial charge in [-0.2, -0.15) is 0 Å². The quantitative estimate of drug-likeness (QED) is 0.599. The van der Waals surface area contributed by atoms with E-state index in [9.17, 15) is 9.59 Å². The van der Waals surface area contributed by atoms with Crippen molar-refractivity contribution in [3.8, 4) is 0 Å². The second kappa shape index (κ2) is 9.39. The van der Waals surface area contributed by atoms with Crippen molar-refractivity contribution in [2.45, 2.75) is 64.3 Å². The molecule has 1 rings (SSSR count). The minimum Gasteiger partial charge on any atom is -0.481 e. The highest BCUT2D eigenvalue weighted by molar-refractivity contribution is 5.74. The van der Waals surface area contributed by atoms with Gasteiger partial charge in [-0.1, -0.05) is 11.6 Å². The average molecular weight is 282 g/mol. The third kappa shape index (κ3) is 7.81. The number of rotatable bonds is 8. The SMILES string of the molecule is CC(CCCC(=O)O)NC(=O)NCCC1=CCCCC1. The molecule has 3 N–H and O–H groups in total. The number of urea groups is 1. The van der Waals surface area contributed by atoms with Crippen molar-refractivity contribution in [3.63, 3.8) is 0 Å². The molecule has 0 saturated carbocycles. The Hall–Kier alpha value is -1.52. The fraction of sp³-hybridized carbons (Fsp3) is 0.733. The molecule has 1 aliphatic rings. The summed E-state index contributed by atoms with van der Waals surface area (Å²) in [6.45, 7) is 2.56. The van der Waals surface area contributed by atoms with Gasteiger partial charge in [-0.3, -0.25) is 4.79 Å². The zero-order valence-corrected chi connectivity index (χ0v) is 12.3. The zero-order chi connectivity index (χ0) is 14.8. The summed E-state index contributed by atoms with van der Waals surface area (Å²) in [5, 5.41) is 14.2. The van der Waals surface area contributed by atoms with Gasteiger partial charge in [0.25, 0.3) is 0 Å². The van der Waals surface area contributed by atoms with Crippen molar-refractivity contribution in [2.24, 2.45) is 0 Å². The van der Waals surface area contributed by atoms with Crippen LogP contribution in [0.4, 0.5) is 4.79 Å². The van der Waals surface area contributed by atoms with Crippen LogP contribution in [0.15, 0.2) is 11.6 Å². The van der Waals surface area contributed by atoms with Crippen LogP contribution in [0.1, 0.15) is 58.3 Å². The summed E-state index contributed by atoms with van der Waals surface area (Å²) in [7, 11) is 0. The Labute approximate surface area is 120 Å². The van der Waals surface area contributed by atoms with Crippen molar-refractivity contribution in [2.75, 3.05) is 6.54 Å². The van der Waals surface area contributed by atoms with E-state index in [2.05, 4.69) is 16.7 Å². The number of amides is 2. The van der Waals surface area contributed by atoms with Crippen molar-refractivity contribution in [1.82, 2.24) is 10.6 Å². The summed E-state index contributed by atoms with van der Waals surface area (Å²) >= 11 is 0. The lowest BCUT2D eigenvalue weighted by Gasteiger charge is -2.16. The molecule has 0 aromatic rings. The highest BCUT2D eigenvalue weighted by Crippen LogP contribution is 2.19. The Morgan fingerprint density at radius 3 is 2.85 bits per heavy atom. The fourth-order valence-electron chi connectivity index (χ4n) is 2.37. The molecule has 0 radical (unpaired) electrons. The van der Waals surface area contributed by atoms with Gasteiger partial charge < -0.3 is 15.7 Å². The first-order chi connectivity index (χ1) is 9.58. The lowest BCUT2D eigenvalue weighted by molar-refractivity contribution is -0.137. The van der Waals surface area contributed by atoms with Crippen LogP contribution in [-0.2, 0) is 4.79 Å². The smallest absolute Gasteiger partial charge is 0.315 e. The van der Waals surface area contributed by atoms with Gasteiger partial charge in [-0.25, -0.2) is 4.79 Å². The lowest BCUT2D eigenvalue weighted by Crippen LogP contribution is -2.41. The molecule has 0 bridgehead atoms. The Bertz CT molecular complexity index is 353. The van der Waals surface area contributed by atoms with Crippen LogP contribution in [0, 0.1) is 0 Å². The number of hydrogen-bond acceptors (Lipinski definition) is 2. The lowest BCUT2D eigenvalue weighted by atomic mass is 9.97. The number of aliphatic carboxylic acids is 1. The minimum absolute atomic E-state index is 0.00301. The van der Waals surface area contributed by atoms with Crippen LogP contribution in [0.25, 0.3) is 0 Å². The predicted octanol–water partition coefficient (Wildman–Crippen LogP) is 2.82. The number of carboxylic acids is 1. The largest absolute Gasteiger partial charge is 0.481 e. The zero-order valence-electron chi connectivity index (χ0n) is 12.3. The van der Waals surface area contributed by atoms with Gasteiger partial charge in [0.1, 0.15) is 0 Å². The highest BCUT2D eigenvalue weighted by Gasteiger charge is 2.08. The second-order valence-electron chi connectivity index (χ2n) is 5.45. The normalized spacial score (nSPS) is 16.1. The van der Waals surface area contributed by atoms with Gasteiger partial charge in [-0.05, 0) is 51.9 Å². The summed E-state index contributed by atoms with van der Waals surface area (Å²) in [6.07, 6.45) is 9.52. The molecular weight excluding hydrogens is 256 g/mol. The minimum atomic E-state index is -0.789. The van der Waals surface area contributed by atoms with Crippen LogP contribution < -0.4 is 10.6 Å². The number of nitrogens with one attached hydrogen (secondary N) is 2. The monoisotopic (exact) mass is 282 g/mol. The fourth-order valence-corrected chi connectivity index (χ4v) is 2.37. The maximum atomic E-state index is 11.6. The molecule has 0 aromatic heterocycles. The van der Waals surface area contributed by atoms with Crippen LogP contribution >= 0.6 is 0 Å². The van der Waals surface area contributed by atoms with E-state index in [0.717, 1.165) is 12.8 Å². The molecular formula is C15H26N2O3. The molecule has 20 heavy (non-hydrogen) atoms. The summed E-state index contributed by atoms with van der Waals surface area (Å²) < 4.78 is 0. The van der Waals surface area contributed by atoms with Crippen LogP contribution in [0.5, 0.6) is 0 Å². The molecule has 0 fully saturated rings. The standard InChI is InChI=1S/C15H26N2O3/c1-12(6-5-9-14(18)19)17-15(20)16-11-10-13-7-3-2-4-8-13/h7,12H,2-6,8-11H2,1H3,(H,18,19)(H2,16,17,20). The van der Waals surface area contributed by atoms with Crippen molar-refractivity contribution < 1.29 is 14.7 Å². The predicted molar refractivity (Wildman–Crippen MR) is 78.7 cm³/mol. The van der Waals surface area contributed by atoms with E-state index in [4.69, 9.17) is 5.11 Å². The van der Waals surface area contributed by atoms with Gasteiger partial charge in [0.15, 0.2) is 0 Å². The van der Waals surface area contributed by atoms with Gasteiger partial charge in [0.05, 0.1) is 0 Å². The molecule has 0 saturated heterocycles. The molecule has 1 unspecified atom stereocenters. The van der Waals surface area contributed by atoms with Crippen molar-refractivity contribution in [1.29, 1.82) is 0 Å². The number of allylic oxidation sites excluding steroid dienone is 1. The molecule has 0 heterocycles. The van der Waals surface area contributed by atoms with Crippen molar-refractivity contribution >= 4 is 12.0 Å². The molecule has 5 nitrogen and oxygen atoms in total. The van der Waals surface area contributed by atoms with Gasteiger partial charge in [-0.15, -0.1) is 0 Å².